The summed E-state index contributed by atoms with van der Waals surface area (Å²) in [5.41, 5.74) is 8.12. The van der Waals surface area contributed by atoms with E-state index in [0.717, 1.165) is 12.0 Å². The van der Waals surface area contributed by atoms with Crippen LogP contribution in [0.15, 0.2) is 57.9 Å². The summed E-state index contributed by atoms with van der Waals surface area (Å²) in [6, 6.07) is 14.3. The Hall–Kier alpha value is -3.63. The summed E-state index contributed by atoms with van der Waals surface area (Å²) >= 11 is 6.21. The average molecular weight is 528 g/mol. The second kappa shape index (κ2) is 10.2. The molecular weight excluding hydrogens is 502 g/mol. The number of amides is 1. The van der Waals surface area contributed by atoms with Crippen LogP contribution >= 0.6 is 11.6 Å². The molecule has 0 bridgehead atoms. The average Bonchev–Trinajstić information content (AvgIpc) is 3.32. The molecule has 4 rings (SSSR count). The molecule has 0 atom stereocenters. The molecule has 3 N–H and O–H groups in total. The molecule has 36 heavy (non-hydrogen) atoms. The summed E-state index contributed by atoms with van der Waals surface area (Å²) in [6.07, 6.45) is 1.35. The maximum atomic E-state index is 13.6. The van der Waals surface area contributed by atoms with E-state index in [9.17, 15) is 13.2 Å². The number of carbonyl (C=O) groups is 1. The van der Waals surface area contributed by atoms with Crippen molar-refractivity contribution >= 4 is 33.3 Å². The van der Waals surface area contributed by atoms with Crippen molar-refractivity contribution in [3.8, 4) is 11.1 Å². The van der Waals surface area contributed by atoms with Gasteiger partial charge >= 0.3 is 0 Å². The molecule has 4 aromatic rings. The van der Waals surface area contributed by atoms with Crippen LogP contribution in [0.3, 0.4) is 0 Å². The minimum Gasteiger partial charge on any atom is -0.364 e. The van der Waals surface area contributed by atoms with Crippen LogP contribution in [0.1, 0.15) is 46.5 Å². The first-order chi connectivity index (χ1) is 17.1. The normalized spacial score (nSPS) is 11.6. The molecule has 0 saturated carbocycles. The van der Waals surface area contributed by atoms with Crippen LogP contribution in [-0.4, -0.2) is 29.0 Å². The Morgan fingerprint density at radius 2 is 1.89 bits per heavy atom. The number of hydrogen-bond acceptors (Lipinski definition) is 6. The quantitative estimate of drug-likeness (QED) is 0.324. The molecule has 0 aliphatic carbocycles. The van der Waals surface area contributed by atoms with Crippen LogP contribution in [0.25, 0.3) is 11.1 Å². The van der Waals surface area contributed by atoms with Gasteiger partial charge < -0.3 is 14.8 Å². The zero-order valence-electron chi connectivity index (χ0n) is 20.1. The molecule has 0 unspecified atom stereocenters. The molecule has 0 aliphatic heterocycles. The number of halogens is 1. The van der Waals surface area contributed by atoms with E-state index >= 15 is 0 Å². The monoisotopic (exact) mass is 527 g/mol. The number of nitrogens with two attached hydrogens (primary N) is 1. The summed E-state index contributed by atoms with van der Waals surface area (Å²) in [4.78, 5) is 16.5. The second-order valence-electron chi connectivity index (χ2n) is 8.38. The first-order valence-corrected chi connectivity index (χ1v) is 13.2. The first kappa shape index (κ1) is 25.5. The minimum atomic E-state index is -4.07. The van der Waals surface area contributed by atoms with Gasteiger partial charge in [0, 0.05) is 24.1 Å². The highest BCUT2D eigenvalue weighted by atomic mass is 35.5. The summed E-state index contributed by atoms with van der Waals surface area (Å²) in [5.74, 6) is 0.533. The van der Waals surface area contributed by atoms with Gasteiger partial charge in [0.15, 0.2) is 11.0 Å². The van der Waals surface area contributed by atoms with Gasteiger partial charge in [-0.2, -0.15) is 0 Å². The fourth-order valence-electron chi connectivity index (χ4n) is 3.91. The fourth-order valence-corrected chi connectivity index (χ4v) is 5.54. The van der Waals surface area contributed by atoms with Gasteiger partial charge in [-0.05, 0) is 37.5 Å². The summed E-state index contributed by atoms with van der Waals surface area (Å²) in [5, 5.41) is 3.87. The van der Waals surface area contributed by atoms with Crippen LogP contribution < -0.4 is 10.5 Å². The molecule has 11 heteroatoms. The van der Waals surface area contributed by atoms with E-state index in [1.165, 1.54) is 0 Å². The SMILES string of the molecule is CCCc1nc(Cl)c(C(N)=O)n1Cc1ccc(-c2ccccc2)c(S(=O)(=O)Nc2noc(C)c2C)c1. The lowest BCUT2D eigenvalue weighted by Crippen LogP contribution is -2.20. The third-order valence-corrected chi connectivity index (χ3v) is 7.50. The van der Waals surface area contributed by atoms with Crippen molar-refractivity contribution in [3.63, 3.8) is 0 Å². The third kappa shape index (κ3) is 5.00. The van der Waals surface area contributed by atoms with Gasteiger partial charge in [-0.15, -0.1) is 0 Å². The van der Waals surface area contributed by atoms with Crippen molar-refractivity contribution in [2.24, 2.45) is 5.73 Å². The lowest BCUT2D eigenvalue weighted by atomic mass is 10.0. The van der Waals surface area contributed by atoms with E-state index < -0.39 is 15.9 Å². The van der Waals surface area contributed by atoms with E-state index in [1.54, 1.807) is 36.6 Å². The first-order valence-electron chi connectivity index (χ1n) is 11.3. The van der Waals surface area contributed by atoms with Gasteiger partial charge in [0.2, 0.25) is 0 Å². The summed E-state index contributed by atoms with van der Waals surface area (Å²) < 4.78 is 36.5. The molecule has 9 nitrogen and oxygen atoms in total. The number of nitrogens with one attached hydrogen (secondary N) is 1. The molecule has 0 aliphatic rings. The Morgan fingerprint density at radius 1 is 1.17 bits per heavy atom. The standard InChI is InChI=1S/C25H26ClN5O4S/c1-4-8-21-28-23(26)22(24(27)32)31(21)14-17-11-12-19(18-9-6-5-7-10-18)20(13-17)36(33,34)30-25-15(2)16(3)35-29-25/h5-7,9-13H,4,8,14H2,1-3H3,(H2,27,32)(H,29,30). The number of nitrogens with zero attached hydrogens (tertiary/aromatic N) is 3. The predicted molar refractivity (Wildman–Crippen MR) is 138 cm³/mol. The molecule has 0 radical (unpaired) electrons. The van der Waals surface area contributed by atoms with Gasteiger partial charge in [-0.3, -0.25) is 9.52 Å². The smallest absolute Gasteiger partial charge is 0.268 e. The summed E-state index contributed by atoms with van der Waals surface area (Å²) in [7, 11) is -4.07. The lowest BCUT2D eigenvalue weighted by molar-refractivity contribution is 0.0991. The maximum absolute atomic E-state index is 13.6. The van der Waals surface area contributed by atoms with E-state index in [-0.39, 0.29) is 28.1 Å². The zero-order valence-corrected chi connectivity index (χ0v) is 21.7. The minimum absolute atomic E-state index is 0.0262. The molecule has 188 valence electrons. The molecule has 2 aromatic heterocycles. The number of primary amides is 1. The molecular formula is C25H26ClN5O4S. The molecule has 0 spiro atoms. The van der Waals surface area contributed by atoms with Gasteiger partial charge in [0.1, 0.15) is 17.3 Å². The van der Waals surface area contributed by atoms with Crippen LogP contribution in [0, 0.1) is 13.8 Å². The Kier molecular flexibility index (Phi) is 7.18. The molecule has 0 saturated heterocycles. The van der Waals surface area contributed by atoms with Crippen molar-refractivity contribution < 1.29 is 17.7 Å². The van der Waals surface area contributed by atoms with Crippen LogP contribution in [-0.2, 0) is 23.0 Å². The summed E-state index contributed by atoms with van der Waals surface area (Å²) in [6.45, 7) is 5.57. The number of anilines is 1. The largest absolute Gasteiger partial charge is 0.364 e. The van der Waals surface area contributed by atoms with Gasteiger partial charge in [0.25, 0.3) is 15.9 Å². The fraction of sp³-hybridized carbons (Fsp3) is 0.240. The number of aryl methyl sites for hydroxylation is 2. The van der Waals surface area contributed by atoms with Gasteiger partial charge in [0.05, 0.1) is 4.90 Å². The Morgan fingerprint density at radius 3 is 2.50 bits per heavy atom. The molecule has 2 aromatic carbocycles. The highest BCUT2D eigenvalue weighted by molar-refractivity contribution is 7.92. The highest BCUT2D eigenvalue weighted by Gasteiger charge is 2.25. The van der Waals surface area contributed by atoms with Crippen LogP contribution in [0.4, 0.5) is 5.82 Å². The van der Waals surface area contributed by atoms with Crippen LogP contribution in [0.5, 0.6) is 0 Å². The number of rotatable bonds is 9. The van der Waals surface area contributed by atoms with Gasteiger partial charge in [-0.25, -0.2) is 13.4 Å². The number of carbonyl (C=O) groups excluding carboxylic acids is 1. The highest BCUT2D eigenvalue weighted by Crippen LogP contribution is 2.31. The molecule has 1 amide bonds. The third-order valence-electron chi connectivity index (χ3n) is 5.86. The Bertz CT molecular complexity index is 1530. The van der Waals surface area contributed by atoms with Crippen molar-refractivity contribution in [1.29, 1.82) is 0 Å². The van der Waals surface area contributed by atoms with E-state index in [4.69, 9.17) is 21.9 Å². The lowest BCUT2D eigenvalue weighted by Gasteiger charge is -2.15. The number of imidazole rings is 1. The van der Waals surface area contributed by atoms with E-state index in [1.807, 2.05) is 37.3 Å². The Balaban J connectivity index is 1.84. The second-order valence-corrected chi connectivity index (χ2v) is 10.4. The van der Waals surface area contributed by atoms with Crippen molar-refractivity contribution in [2.45, 2.75) is 45.1 Å². The number of sulfonamides is 1. The number of hydrogen-bond donors (Lipinski definition) is 2. The van der Waals surface area contributed by atoms with Crippen molar-refractivity contribution in [1.82, 2.24) is 14.7 Å². The Labute approximate surface area is 214 Å². The van der Waals surface area contributed by atoms with Crippen molar-refractivity contribution in [3.05, 3.63) is 82.1 Å². The zero-order chi connectivity index (χ0) is 26.0. The molecule has 2 heterocycles. The van der Waals surface area contributed by atoms with E-state index in [2.05, 4.69) is 14.9 Å². The maximum Gasteiger partial charge on any atom is 0.268 e. The topological polar surface area (TPSA) is 133 Å². The van der Waals surface area contributed by atoms with E-state index in [0.29, 0.717) is 34.7 Å². The van der Waals surface area contributed by atoms with Crippen LogP contribution in [0.2, 0.25) is 5.15 Å². The molecule has 0 fully saturated rings. The number of aromatic nitrogens is 3. The van der Waals surface area contributed by atoms with Gasteiger partial charge in [-0.1, -0.05) is 66.1 Å². The predicted octanol–water partition coefficient (Wildman–Crippen LogP) is 4.71. The van der Waals surface area contributed by atoms with Crippen molar-refractivity contribution in [2.75, 3.05) is 4.72 Å². The number of benzene rings is 2.